The molecule has 0 rings (SSSR count). The molecule has 0 spiro atoms. The van der Waals surface area contributed by atoms with E-state index in [4.69, 9.17) is 0 Å². The lowest BCUT2D eigenvalue weighted by molar-refractivity contribution is 0.314. The molecule has 0 bridgehead atoms. The third kappa shape index (κ3) is 10.6. The van der Waals surface area contributed by atoms with Gasteiger partial charge in [0.2, 0.25) is 10.0 Å². The van der Waals surface area contributed by atoms with E-state index in [0.717, 1.165) is 32.5 Å². The molecule has 0 fully saturated rings. The standard InChI is InChI=1S/C14H33N3O2S/c1-6-9-15-10-7-8-11-20(18,19)16-14(13(2)3)12-17(4)5/h13-16H,6-12H2,1-5H3. The molecule has 0 radical (unpaired) electrons. The summed E-state index contributed by atoms with van der Waals surface area (Å²) in [5.41, 5.74) is 0. The molecular formula is C14H33N3O2S. The van der Waals surface area contributed by atoms with E-state index in [9.17, 15) is 8.42 Å². The Morgan fingerprint density at radius 3 is 2.25 bits per heavy atom. The van der Waals surface area contributed by atoms with Crippen molar-refractivity contribution in [1.82, 2.24) is 14.9 Å². The Bertz CT molecular complexity index is 329. The van der Waals surface area contributed by atoms with Gasteiger partial charge < -0.3 is 10.2 Å². The van der Waals surface area contributed by atoms with Gasteiger partial charge in [0, 0.05) is 12.6 Å². The van der Waals surface area contributed by atoms with Crippen LogP contribution in [0, 0.1) is 5.92 Å². The highest BCUT2D eigenvalue weighted by Gasteiger charge is 2.20. The van der Waals surface area contributed by atoms with Crippen LogP contribution in [0.3, 0.4) is 0 Å². The Morgan fingerprint density at radius 2 is 1.75 bits per heavy atom. The number of nitrogens with one attached hydrogen (secondary N) is 2. The first-order valence-electron chi connectivity index (χ1n) is 7.64. The third-order valence-electron chi connectivity index (χ3n) is 3.14. The third-order valence-corrected chi connectivity index (χ3v) is 4.63. The van der Waals surface area contributed by atoms with Crippen LogP contribution in [-0.2, 0) is 10.0 Å². The molecule has 0 aromatic rings. The predicted octanol–water partition coefficient (Wildman–Crippen LogP) is 1.27. The average molecular weight is 308 g/mol. The summed E-state index contributed by atoms with van der Waals surface area (Å²) in [6.45, 7) is 8.85. The number of hydrogen-bond acceptors (Lipinski definition) is 4. The fraction of sp³-hybridized carbons (Fsp3) is 1.00. The molecule has 122 valence electrons. The van der Waals surface area contributed by atoms with Crippen molar-refractivity contribution in [2.45, 2.75) is 46.1 Å². The van der Waals surface area contributed by atoms with Gasteiger partial charge in [0.15, 0.2) is 0 Å². The summed E-state index contributed by atoms with van der Waals surface area (Å²) in [4.78, 5) is 2.02. The van der Waals surface area contributed by atoms with Gasteiger partial charge in [-0.1, -0.05) is 20.8 Å². The highest BCUT2D eigenvalue weighted by molar-refractivity contribution is 7.89. The largest absolute Gasteiger partial charge is 0.317 e. The van der Waals surface area contributed by atoms with E-state index in [2.05, 4.69) is 17.0 Å². The van der Waals surface area contributed by atoms with Crippen LogP contribution in [0.25, 0.3) is 0 Å². The zero-order valence-electron chi connectivity index (χ0n) is 13.8. The molecule has 0 aliphatic heterocycles. The Balaban J connectivity index is 4.08. The van der Waals surface area contributed by atoms with Crippen LogP contribution >= 0.6 is 0 Å². The van der Waals surface area contributed by atoms with Crippen LogP contribution in [-0.4, -0.2) is 58.8 Å². The van der Waals surface area contributed by atoms with Crippen molar-refractivity contribution in [3.63, 3.8) is 0 Å². The van der Waals surface area contributed by atoms with Gasteiger partial charge in [0.05, 0.1) is 5.75 Å². The topological polar surface area (TPSA) is 61.4 Å². The van der Waals surface area contributed by atoms with E-state index in [1.165, 1.54) is 0 Å². The van der Waals surface area contributed by atoms with Crippen molar-refractivity contribution in [2.75, 3.05) is 39.5 Å². The Morgan fingerprint density at radius 1 is 1.10 bits per heavy atom. The highest BCUT2D eigenvalue weighted by atomic mass is 32.2. The maximum absolute atomic E-state index is 12.1. The zero-order chi connectivity index (χ0) is 15.6. The van der Waals surface area contributed by atoms with Gasteiger partial charge in [-0.25, -0.2) is 13.1 Å². The lowest BCUT2D eigenvalue weighted by Crippen LogP contribution is -2.45. The van der Waals surface area contributed by atoms with Crippen LogP contribution in [0.1, 0.15) is 40.0 Å². The first-order chi connectivity index (χ1) is 9.28. The van der Waals surface area contributed by atoms with Crippen molar-refractivity contribution in [1.29, 1.82) is 0 Å². The highest BCUT2D eigenvalue weighted by Crippen LogP contribution is 2.06. The van der Waals surface area contributed by atoms with Gasteiger partial charge in [-0.05, 0) is 52.4 Å². The van der Waals surface area contributed by atoms with Gasteiger partial charge in [0.25, 0.3) is 0 Å². The van der Waals surface area contributed by atoms with Gasteiger partial charge in [-0.3, -0.25) is 0 Å². The predicted molar refractivity (Wildman–Crippen MR) is 86.5 cm³/mol. The van der Waals surface area contributed by atoms with Crippen LogP contribution in [0.4, 0.5) is 0 Å². The summed E-state index contributed by atoms with van der Waals surface area (Å²) in [5, 5.41) is 3.28. The molecule has 1 atom stereocenters. The Kier molecular flexibility index (Phi) is 10.5. The molecule has 0 amide bonds. The molecule has 0 aromatic heterocycles. The fourth-order valence-electron chi connectivity index (χ4n) is 1.91. The van der Waals surface area contributed by atoms with Crippen LogP contribution < -0.4 is 10.0 Å². The second kappa shape index (κ2) is 10.5. The molecule has 0 saturated carbocycles. The molecule has 0 aliphatic carbocycles. The molecule has 0 saturated heterocycles. The van der Waals surface area contributed by atoms with E-state index < -0.39 is 10.0 Å². The fourth-order valence-corrected chi connectivity index (χ4v) is 3.42. The van der Waals surface area contributed by atoms with Crippen molar-refractivity contribution >= 4 is 10.0 Å². The lowest BCUT2D eigenvalue weighted by atomic mass is 10.1. The van der Waals surface area contributed by atoms with Crippen molar-refractivity contribution in [3.8, 4) is 0 Å². The number of likely N-dealkylation sites (N-methyl/N-ethyl adjacent to an activating group) is 1. The smallest absolute Gasteiger partial charge is 0.211 e. The minimum absolute atomic E-state index is 0.0202. The van der Waals surface area contributed by atoms with E-state index in [0.29, 0.717) is 12.3 Å². The molecule has 0 heterocycles. The van der Waals surface area contributed by atoms with Gasteiger partial charge in [0.1, 0.15) is 0 Å². The van der Waals surface area contributed by atoms with Crippen molar-refractivity contribution < 1.29 is 8.42 Å². The maximum Gasteiger partial charge on any atom is 0.211 e. The van der Waals surface area contributed by atoms with Crippen LogP contribution in [0.2, 0.25) is 0 Å². The number of unbranched alkanes of at least 4 members (excludes halogenated alkanes) is 1. The molecule has 20 heavy (non-hydrogen) atoms. The average Bonchev–Trinajstić information content (AvgIpc) is 2.31. The quantitative estimate of drug-likeness (QED) is 0.533. The van der Waals surface area contributed by atoms with Gasteiger partial charge >= 0.3 is 0 Å². The van der Waals surface area contributed by atoms with Gasteiger partial charge in [-0.15, -0.1) is 0 Å². The summed E-state index contributed by atoms with van der Waals surface area (Å²) in [6, 6.07) is -0.0202. The van der Waals surface area contributed by atoms with E-state index >= 15 is 0 Å². The molecule has 1 unspecified atom stereocenters. The second-order valence-corrected chi connectivity index (χ2v) is 7.88. The minimum atomic E-state index is -3.17. The molecule has 2 N–H and O–H groups in total. The van der Waals surface area contributed by atoms with Gasteiger partial charge in [-0.2, -0.15) is 0 Å². The summed E-state index contributed by atoms with van der Waals surface area (Å²) < 4.78 is 27.0. The molecule has 0 aromatic carbocycles. The summed E-state index contributed by atoms with van der Waals surface area (Å²) >= 11 is 0. The monoisotopic (exact) mass is 307 g/mol. The SMILES string of the molecule is CCCNCCCCS(=O)(=O)NC(CN(C)C)C(C)C. The minimum Gasteiger partial charge on any atom is -0.317 e. The molecule has 6 heteroatoms. The zero-order valence-corrected chi connectivity index (χ0v) is 14.6. The molecule has 0 aliphatic rings. The lowest BCUT2D eigenvalue weighted by Gasteiger charge is -2.25. The first kappa shape index (κ1) is 19.8. The number of hydrogen-bond donors (Lipinski definition) is 2. The van der Waals surface area contributed by atoms with Crippen molar-refractivity contribution in [2.24, 2.45) is 5.92 Å². The molecular weight excluding hydrogens is 274 g/mol. The number of nitrogens with zero attached hydrogens (tertiary/aromatic N) is 1. The molecule has 5 nitrogen and oxygen atoms in total. The van der Waals surface area contributed by atoms with E-state index in [1.807, 2.05) is 32.8 Å². The van der Waals surface area contributed by atoms with E-state index in [-0.39, 0.29) is 11.8 Å². The summed E-state index contributed by atoms with van der Waals surface area (Å²) in [7, 11) is 0.754. The van der Waals surface area contributed by atoms with Crippen LogP contribution in [0.5, 0.6) is 0 Å². The summed E-state index contributed by atoms with van der Waals surface area (Å²) in [6.07, 6.45) is 2.72. The van der Waals surface area contributed by atoms with Crippen LogP contribution in [0.15, 0.2) is 0 Å². The number of sulfonamides is 1. The second-order valence-electron chi connectivity index (χ2n) is 6.01. The van der Waals surface area contributed by atoms with Crippen molar-refractivity contribution in [3.05, 3.63) is 0 Å². The Hall–Kier alpha value is -0.170. The summed E-state index contributed by atoms with van der Waals surface area (Å²) in [5.74, 6) is 0.510. The first-order valence-corrected chi connectivity index (χ1v) is 9.29. The van der Waals surface area contributed by atoms with E-state index in [1.54, 1.807) is 0 Å². The normalized spacial score (nSPS) is 14.2. The number of rotatable bonds is 12. The Labute approximate surface area is 125 Å². The maximum atomic E-state index is 12.1.